The first-order valence-corrected chi connectivity index (χ1v) is 19.4. The van der Waals surface area contributed by atoms with Gasteiger partial charge in [0.15, 0.2) is 6.29 Å². The molecule has 2 heterocycles. The number of cyclic esters (lactones) is 1. The lowest BCUT2D eigenvalue weighted by Crippen LogP contribution is -2.59. The molecule has 14 atom stereocenters. The number of aryl methyl sites for hydroxylation is 1. The molecule has 2 aliphatic heterocycles. The van der Waals surface area contributed by atoms with Crippen LogP contribution in [0, 0.1) is 17.8 Å². The molecule has 13 heteroatoms. The van der Waals surface area contributed by atoms with Crippen molar-refractivity contribution in [3.05, 3.63) is 35.9 Å². The van der Waals surface area contributed by atoms with Gasteiger partial charge in [-0.05, 0) is 99.3 Å². The van der Waals surface area contributed by atoms with Gasteiger partial charge < -0.3 is 54.5 Å². The predicted molar refractivity (Wildman–Crippen MR) is 202 cm³/mol. The molecule has 53 heavy (non-hydrogen) atoms. The molecule has 0 radical (unpaired) electrons. The first-order chi connectivity index (χ1) is 24.7. The number of ether oxygens (including phenoxy) is 4. The minimum absolute atomic E-state index is 0.159. The summed E-state index contributed by atoms with van der Waals surface area (Å²) in [5.41, 5.74) is -2.27. The molecule has 2 saturated heterocycles. The fraction of sp³-hybridized carbons (Fsp3) is 0.800. The number of amides is 1. The van der Waals surface area contributed by atoms with Gasteiger partial charge in [-0.25, -0.2) is 4.79 Å². The largest absolute Gasteiger partial charge is 0.459 e. The van der Waals surface area contributed by atoms with Crippen LogP contribution in [0.1, 0.15) is 86.6 Å². The Morgan fingerprint density at radius 3 is 2.32 bits per heavy atom. The smallest absolute Gasteiger partial charge is 0.407 e. The first kappa shape index (κ1) is 45.0. The van der Waals surface area contributed by atoms with E-state index in [-0.39, 0.29) is 30.9 Å². The minimum atomic E-state index is -1.81. The minimum Gasteiger partial charge on any atom is -0.459 e. The van der Waals surface area contributed by atoms with Gasteiger partial charge in [0.05, 0.1) is 23.7 Å². The van der Waals surface area contributed by atoms with Gasteiger partial charge in [0, 0.05) is 31.1 Å². The van der Waals surface area contributed by atoms with Crippen LogP contribution in [0.4, 0.5) is 4.79 Å². The van der Waals surface area contributed by atoms with E-state index in [2.05, 4.69) is 5.32 Å². The standard InChI is InChI=1S/C40H69N3O10/c1-12-31-40(8,49)34(45)28(6)43(11)23-24(2)22-39(7,48)35(53-37-32(44)30(42(9)10)21-25(3)50-37)26(4)33(27(5)36(46)51-31)52-38(47)41-20-16-19-29-17-14-13-15-18-29/h13-15,17-18,24-28,30-35,37,44-45,48-49H,12,16,19-23H2,1-11H3,(H,41,47). The number of alkyl carbamates (subject to hydrolysis) is 1. The Morgan fingerprint density at radius 1 is 1.08 bits per heavy atom. The summed E-state index contributed by atoms with van der Waals surface area (Å²) in [6.45, 7) is 14.6. The number of rotatable bonds is 9. The van der Waals surface area contributed by atoms with Crippen LogP contribution in [-0.4, -0.2) is 143 Å². The number of esters is 1. The lowest BCUT2D eigenvalue weighted by molar-refractivity contribution is -0.299. The summed E-state index contributed by atoms with van der Waals surface area (Å²) in [5.74, 6) is -2.85. The highest BCUT2D eigenvalue weighted by atomic mass is 16.7. The van der Waals surface area contributed by atoms with E-state index in [1.807, 2.05) is 75.1 Å². The molecule has 1 aromatic carbocycles. The van der Waals surface area contributed by atoms with Crippen LogP contribution < -0.4 is 5.32 Å². The average molecular weight is 752 g/mol. The number of carbonyl (C=O) groups is 2. The van der Waals surface area contributed by atoms with E-state index in [1.54, 1.807) is 34.6 Å². The fourth-order valence-electron chi connectivity index (χ4n) is 8.23. The summed E-state index contributed by atoms with van der Waals surface area (Å²) in [4.78, 5) is 31.3. The second kappa shape index (κ2) is 19.5. The third-order valence-electron chi connectivity index (χ3n) is 11.4. The molecule has 1 aromatic rings. The van der Waals surface area contributed by atoms with E-state index in [9.17, 15) is 30.0 Å². The Balaban J connectivity index is 2.04. The Morgan fingerprint density at radius 2 is 1.72 bits per heavy atom. The van der Waals surface area contributed by atoms with Crippen LogP contribution in [-0.2, 0) is 30.2 Å². The molecule has 13 nitrogen and oxygen atoms in total. The number of aliphatic hydroxyl groups excluding tert-OH is 2. The number of aliphatic hydroxyl groups is 4. The van der Waals surface area contributed by atoms with Gasteiger partial charge in [-0.15, -0.1) is 0 Å². The van der Waals surface area contributed by atoms with Gasteiger partial charge >= 0.3 is 12.1 Å². The molecule has 1 amide bonds. The van der Waals surface area contributed by atoms with Crippen LogP contribution in [0.15, 0.2) is 30.3 Å². The third kappa shape index (κ3) is 11.8. The van der Waals surface area contributed by atoms with Crippen molar-refractivity contribution in [2.75, 3.05) is 34.2 Å². The Bertz CT molecular complexity index is 1280. The number of hydrogen-bond acceptors (Lipinski definition) is 12. The number of carbonyl (C=O) groups excluding carboxylic acids is 2. The SMILES string of the molecule is CCC1OC(=O)C(C)C(OC(=O)NCCCc2ccccc2)C(C)C(OC2OC(C)CC(N(C)C)C2O)C(C)(O)CC(C)CN(C)C(C)C(O)C1(C)O. The van der Waals surface area contributed by atoms with Crippen molar-refractivity contribution >= 4 is 12.1 Å². The van der Waals surface area contributed by atoms with Crippen molar-refractivity contribution in [1.82, 2.24) is 15.1 Å². The number of benzene rings is 1. The van der Waals surface area contributed by atoms with Crippen molar-refractivity contribution in [3.63, 3.8) is 0 Å². The van der Waals surface area contributed by atoms with E-state index >= 15 is 0 Å². The summed E-state index contributed by atoms with van der Waals surface area (Å²) < 4.78 is 24.8. The van der Waals surface area contributed by atoms with Crippen LogP contribution in [0.25, 0.3) is 0 Å². The summed E-state index contributed by atoms with van der Waals surface area (Å²) in [6.07, 6.45) is -5.50. The number of hydrogen-bond donors (Lipinski definition) is 5. The van der Waals surface area contributed by atoms with E-state index in [1.165, 1.54) is 6.92 Å². The maximum atomic E-state index is 14.0. The molecule has 14 unspecified atom stereocenters. The molecule has 304 valence electrons. The summed E-state index contributed by atoms with van der Waals surface area (Å²) in [6, 6.07) is 9.08. The molecular weight excluding hydrogens is 682 g/mol. The van der Waals surface area contributed by atoms with Crippen molar-refractivity contribution in [3.8, 4) is 0 Å². The molecule has 0 aliphatic carbocycles. The number of likely N-dealkylation sites (N-methyl/N-ethyl adjacent to an activating group) is 2. The summed E-state index contributed by atoms with van der Waals surface area (Å²) in [5, 5.41) is 49.8. The second-order valence-corrected chi connectivity index (χ2v) is 16.5. The van der Waals surface area contributed by atoms with Crippen LogP contribution in [0.2, 0.25) is 0 Å². The summed E-state index contributed by atoms with van der Waals surface area (Å²) >= 11 is 0. The predicted octanol–water partition coefficient (Wildman–Crippen LogP) is 3.34. The molecule has 0 saturated carbocycles. The van der Waals surface area contributed by atoms with Crippen molar-refractivity contribution < 1.29 is 49.0 Å². The maximum absolute atomic E-state index is 14.0. The van der Waals surface area contributed by atoms with Crippen molar-refractivity contribution in [1.29, 1.82) is 0 Å². The zero-order valence-electron chi connectivity index (χ0n) is 33.9. The Kier molecular flexibility index (Phi) is 16.6. The lowest BCUT2D eigenvalue weighted by atomic mass is 9.77. The van der Waals surface area contributed by atoms with Crippen LogP contribution in [0.5, 0.6) is 0 Å². The molecule has 0 bridgehead atoms. The van der Waals surface area contributed by atoms with Gasteiger partial charge in [-0.2, -0.15) is 0 Å². The Labute approximate surface area is 317 Å². The van der Waals surface area contributed by atoms with E-state index in [0.717, 1.165) is 12.0 Å². The van der Waals surface area contributed by atoms with Gasteiger partial charge in [0.25, 0.3) is 0 Å². The van der Waals surface area contributed by atoms with E-state index in [4.69, 9.17) is 18.9 Å². The topological polar surface area (TPSA) is 170 Å². The highest BCUT2D eigenvalue weighted by molar-refractivity contribution is 5.74. The van der Waals surface area contributed by atoms with E-state index in [0.29, 0.717) is 25.9 Å². The highest BCUT2D eigenvalue weighted by Crippen LogP contribution is 2.37. The molecule has 2 fully saturated rings. The maximum Gasteiger partial charge on any atom is 0.407 e. The normalized spacial score (nSPS) is 39.8. The zero-order valence-corrected chi connectivity index (χ0v) is 33.9. The van der Waals surface area contributed by atoms with Gasteiger partial charge in [0.2, 0.25) is 0 Å². The zero-order chi connectivity index (χ0) is 39.8. The van der Waals surface area contributed by atoms with E-state index < -0.39 is 78.0 Å². The van der Waals surface area contributed by atoms with Crippen LogP contribution in [0.3, 0.4) is 0 Å². The Hall–Kier alpha value is -2.36. The van der Waals surface area contributed by atoms with Crippen molar-refractivity contribution in [2.24, 2.45) is 17.8 Å². The number of nitrogens with one attached hydrogen (secondary N) is 1. The quantitative estimate of drug-likeness (QED) is 0.185. The van der Waals surface area contributed by atoms with Crippen molar-refractivity contribution in [2.45, 2.75) is 154 Å². The van der Waals surface area contributed by atoms with Crippen LogP contribution >= 0.6 is 0 Å². The lowest BCUT2D eigenvalue weighted by Gasteiger charge is -2.47. The fourth-order valence-corrected chi connectivity index (χ4v) is 8.23. The molecule has 2 aliphatic rings. The summed E-state index contributed by atoms with van der Waals surface area (Å²) in [7, 11) is 5.58. The second-order valence-electron chi connectivity index (χ2n) is 16.5. The molecule has 5 N–H and O–H groups in total. The third-order valence-corrected chi connectivity index (χ3v) is 11.4. The van der Waals surface area contributed by atoms with Gasteiger partial charge in [-0.3, -0.25) is 4.79 Å². The van der Waals surface area contributed by atoms with Gasteiger partial charge in [-0.1, -0.05) is 51.1 Å². The highest BCUT2D eigenvalue weighted by Gasteiger charge is 2.51. The molecule has 0 spiro atoms. The molecule has 3 rings (SSSR count). The molecule has 0 aromatic heterocycles. The first-order valence-electron chi connectivity index (χ1n) is 19.4. The monoisotopic (exact) mass is 751 g/mol. The average Bonchev–Trinajstić information content (AvgIpc) is 3.09. The number of nitrogens with zero attached hydrogens (tertiary/aromatic N) is 2. The molecular formula is C40H69N3O10. The van der Waals surface area contributed by atoms with Gasteiger partial charge in [0.1, 0.15) is 30.0 Å².